The zero-order chi connectivity index (χ0) is 21.1. The van der Waals surface area contributed by atoms with Gasteiger partial charge in [-0.25, -0.2) is 0 Å². The van der Waals surface area contributed by atoms with E-state index in [1.807, 2.05) is 12.1 Å². The summed E-state index contributed by atoms with van der Waals surface area (Å²) in [6.07, 6.45) is 0. The van der Waals surface area contributed by atoms with Crippen molar-refractivity contribution in [2.45, 2.75) is 0 Å². The van der Waals surface area contributed by atoms with Crippen molar-refractivity contribution < 1.29 is 19.8 Å². The topological polar surface area (TPSA) is 74.6 Å². The monoisotopic (exact) mass is 394 g/mol. The molecule has 0 unspecified atom stereocenters. The Morgan fingerprint density at radius 2 is 0.867 bits per heavy atom. The molecule has 4 aromatic carbocycles. The van der Waals surface area contributed by atoms with E-state index in [4.69, 9.17) is 0 Å². The molecule has 0 aliphatic rings. The molecule has 0 radical (unpaired) electrons. The van der Waals surface area contributed by atoms with E-state index in [1.165, 1.54) is 24.3 Å². The first-order chi connectivity index (χ1) is 14.5. The summed E-state index contributed by atoms with van der Waals surface area (Å²) >= 11 is 0. The van der Waals surface area contributed by atoms with E-state index in [0.29, 0.717) is 22.3 Å². The van der Waals surface area contributed by atoms with Gasteiger partial charge in [0.25, 0.3) is 0 Å². The number of benzene rings is 4. The van der Waals surface area contributed by atoms with Crippen LogP contribution in [0.1, 0.15) is 31.8 Å². The van der Waals surface area contributed by atoms with Crippen LogP contribution >= 0.6 is 0 Å². The fourth-order valence-electron chi connectivity index (χ4n) is 3.40. The number of aromatic hydroxyl groups is 2. The van der Waals surface area contributed by atoms with Gasteiger partial charge in [-0.2, -0.15) is 0 Å². The van der Waals surface area contributed by atoms with Crippen molar-refractivity contribution in [3.05, 3.63) is 119 Å². The van der Waals surface area contributed by atoms with E-state index in [-0.39, 0.29) is 34.2 Å². The molecule has 0 atom stereocenters. The highest BCUT2D eigenvalue weighted by Crippen LogP contribution is 2.34. The number of phenols is 2. The first-order valence-corrected chi connectivity index (χ1v) is 9.40. The molecule has 30 heavy (non-hydrogen) atoms. The van der Waals surface area contributed by atoms with Gasteiger partial charge in [-0.1, -0.05) is 60.7 Å². The molecule has 0 aliphatic carbocycles. The molecule has 0 fully saturated rings. The minimum absolute atomic E-state index is 0.0484. The van der Waals surface area contributed by atoms with Crippen LogP contribution in [0.3, 0.4) is 0 Å². The van der Waals surface area contributed by atoms with Gasteiger partial charge >= 0.3 is 0 Å². The van der Waals surface area contributed by atoms with E-state index >= 15 is 0 Å². The van der Waals surface area contributed by atoms with Gasteiger partial charge in [0.15, 0.2) is 11.6 Å². The molecule has 0 saturated carbocycles. The van der Waals surface area contributed by atoms with Crippen LogP contribution in [0.5, 0.6) is 11.5 Å². The van der Waals surface area contributed by atoms with Crippen molar-refractivity contribution in [2.75, 3.05) is 0 Å². The van der Waals surface area contributed by atoms with E-state index in [1.54, 1.807) is 60.7 Å². The van der Waals surface area contributed by atoms with Crippen molar-refractivity contribution in [1.82, 2.24) is 0 Å². The summed E-state index contributed by atoms with van der Waals surface area (Å²) in [5.74, 6) is -0.638. The van der Waals surface area contributed by atoms with Crippen LogP contribution in [-0.4, -0.2) is 21.8 Å². The Hall–Kier alpha value is -4.18. The summed E-state index contributed by atoms with van der Waals surface area (Å²) in [5.41, 5.74) is 2.49. The number of rotatable bonds is 5. The maximum Gasteiger partial charge on any atom is 0.193 e. The zero-order valence-corrected chi connectivity index (χ0v) is 15.9. The second-order valence-electron chi connectivity index (χ2n) is 6.85. The lowest BCUT2D eigenvalue weighted by Gasteiger charge is -2.14. The Labute approximate surface area is 173 Å². The summed E-state index contributed by atoms with van der Waals surface area (Å²) in [7, 11) is 0. The van der Waals surface area contributed by atoms with Crippen molar-refractivity contribution in [3.63, 3.8) is 0 Å². The molecule has 0 aromatic heterocycles. The Kier molecular flexibility index (Phi) is 5.14. The molecule has 146 valence electrons. The predicted molar refractivity (Wildman–Crippen MR) is 115 cm³/mol. The number of ketones is 2. The highest BCUT2D eigenvalue weighted by molar-refractivity contribution is 6.17. The zero-order valence-electron chi connectivity index (χ0n) is 15.9. The lowest BCUT2D eigenvalue weighted by atomic mass is 9.88. The first kappa shape index (κ1) is 19.2. The van der Waals surface area contributed by atoms with Gasteiger partial charge in [0.05, 0.1) is 0 Å². The van der Waals surface area contributed by atoms with Gasteiger partial charge in [0.2, 0.25) is 0 Å². The van der Waals surface area contributed by atoms with Crippen LogP contribution in [-0.2, 0) is 0 Å². The predicted octanol–water partition coefficient (Wildman–Crippen LogP) is 5.23. The molecule has 0 amide bonds. The molecule has 4 aromatic rings. The molecule has 2 N–H and O–H groups in total. The number of carbonyl (C=O) groups is 2. The number of hydrogen-bond donors (Lipinski definition) is 2. The second-order valence-corrected chi connectivity index (χ2v) is 6.85. The molecule has 0 spiro atoms. The first-order valence-electron chi connectivity index (χ1n) is 9.40. The van der Waals surface area contributed by atoms with Gasteiger partial charge in [0, 0.05) is 22.3 Å². The van der Waals surface area contributed by atoms with E-state index < -0.39 is 0 Å². The largest absolute Gasteiger partial charge is 0.508 e. The van der Waals surface area contributed by atoms with E-state index in [2.05, 4.69) is 0 Å². The quantitative estimate of drug-likeness (QED) is 0.455. The molecule has 0 aliphatic heterocycles. The normalized spacial score (nSPS) is 10.5. The van der Waals surface area contributed by atoms with Gasteiger partial charge in [0.1, 0.15) is 11.5 Å². The van der Waals surface area contributed by atoms with Gasteiger partial charge in [-0.3, -0.25) is 9.59 Å². The van der Waals surface area contributed by atoms with Crippen LogP contribution in [0, 0.1) is 0 Å². The highest BCUT2D eigenvalue weighted by Gasteiger charge is 2.21. The van der Waals surface area contributed by atoms with Gasteiger partial charge < -0.3 is 10.2 Å². The minimum Gasteiger partial charge on any atom is -0.508 e. The standard InChI is InChI=1S/C26H18O4/c27-19-11-13-21(23(15-19)25(29)17-7-3-1-4-8-17)22-14-12-20(28)16-24(22)26(30)18-9-5-2-6-10-18/h1-16,27-28H. The average molecular weight is 394 g/mol. The molecular formula is C26H18O4. The lowest BCUT2D eigenvalue weighted by molar-refractivity contribution is 0.102. The summed E-state index contributed by atoms with van der Waals surface area (Å²) in [6.45, 7) is 0. The van der Waals surface area contributed by atoms with Crippen LogP contribution in [0.15, 0.2) is 97.1 Å². The van der Waals surface area contributed by atoms with Crippen LogP contribution in [0.2, 0.25) is 0 Å². The Bertz CT molecular complexity index is 1130. The van der Waals surface area contributed by atoms with Crippen LogP contribution in [0.4, 0.5) is 0 Å². The fourth-order valence-corrected chi connectivity index (χ4v) is 3.40. The molecule has 4 heteroatoms. The second kappa shape index (κ2) is 8.05. The average Bonchev–Trinajstić information content (AvgIpc) is 2.79. The third-order valence-electron chi connectivity index (χ3n) is 4.86. The summed E-state index contributed by atoms with van der Waals surface area (Å²) < 4.78 is 0. The summed E-state index contributed by atoms with van der Waals surface area (Å²) in [4.78, 5) is 26.3. The number of phenolic OH excluding ortho intramolecular Hbond substituents is 2. The molecule has 4 nitrogen and oxygen atoms in total. The van der Waals surface area contributed by atoms with Gasteiger partial charge in [-0.15, -0.1) is 0 Å². The third-order valence-corrected chi connectivity index (χ3v) is 4.86. The summed E-state index contributed by atoms with van der Waals surface area (Å²) in [6, 6.07) is 26.4. The molecule has 0 bridgehead atoms. The van der Waals surface area contributed by atoms with Gasteiger partial charge in [-0.05, 0) is 47.5 Å². The number of hydrogen-bond acceptors (Lipinski definition) is 4. The third kappa shape index (κ3) is 3.71. The minimum atomic E-state index is -0.271. The summed E-state index contributed by atoms with van der Waals surface area (Å²) in [5, 5.41) is 20.0. The number of carbonyl (C=O) groups excluding carboxylic acids is 2. The maximum absolute atomic E-state index is 13.2. The molecule has 0 heterocycles. The SMILES string of the molecule is O=C(c1ccccc1)c1cc(O)ccc1-c1ccc(O)cc1C(=O)c1ccccc1. The van der Waals surface area contributed by atoms with E-state index in [0.717, 1.165) is 0 Å². The Morgan fingerprint density at radius 3 is 1.23 bits per heavy atom. The van der Waals surface area contributed by atoms with Crippen molar-refractivity contribution >= 4 is 11.6 Å². The highest BCUT2D eigenvalue weighted by atomic mass is 16.3. The van der Waals surface area contributed by atoms with Crippen molar-refractivity contribution in [1.29, 1.82) is 0 Å². The van der Waals surface area contributed by atoms with Crippen molar-refractivity contribution in [2.24, 2.45) is 0 Å². The van der Waals surface area contributed by atoms with Crippen LogP contribution in [0.25, 0.3) is 11.1 Å². The lowest BCUT2D eigenvalue weighted by Crippen LogP contribution is -2.07. The molecule has 4 rings (SSSR count). The Balaban J connectivity index is 1.90. The Morgan fingerprint density at radius 1 is 0.500 bits per heavy atom. The molecule has 0 saturated heterocycles. The van der Waals surface area contributed by atoms with Crippen molar-refractivity contribution in [3.8, 4) is 22.6 Å². The fraction of sp³-hybridized carbons (Fsp3) is 0. The van der Waals surface area contributed by atoms with Crippen LogP contribution < -0.4 is 0 Å². The maximum atomic E-state index is 13.2. The smallest absolute Gasteiger partial charge is 0.193 e. The molecular weight excluding hydrogens is 376 g/mol. The van der Waals surface area contributed by atoms with E-state index in [9.17, 15) is 19.8 Å².